The Morgan fingerprint density at radius 3 is 2.44 bits per heavy atom. The Balaban J connectivity index is 1.98. The van der Waals surface area contributed by atoms with Crippen LogP contribution in [0.3, 0.4) is 0 Å². The molecule has 2 fully saturated rings. The molecule has 0 aliphatic heterocycles. The predicted octanol–water partition coefficient (Wildman–Crippen LogP) is 3.58. The smallest absolute Gasteiger partial charge is 0.0555 e. The molecule has 2 aliphatic rings. The van der Waals surface area contributed by atoms with E-state index < -0.39 is 0 Å². The number of unbranched alkanes of at least 4 members (excludes halogenated alkanes) is 1. The Labute approximate surface area is 113 Å². The summed E-state index contributed by atoms with van der Waals surface area (Å²) in [6.45, 7) is 5.85. The van der Waals surface area contributed by atoms with E-state index in [1.165, 1.54) is 51.5 Å². The van der Waals surface area contributed by atoms with Crippen molar-refractivity contribution in [3.8, 4) is 0 Å². The van der Waals surface area contributed by atoms with E-state index in [0.29, 0.717) is 6.04 Å². The van der Waals surface area contributed by atoms with Crippen LogP contribution in [0.4, 0.5) is 0 Å². The molecule has 0 heterocycles. The standard InChI is InChI=1S/C16H31NO/c1-3-5-11-17(14-8-9-14)16-12-15(18)10-7-13(16)6-4-2/h13-16,18H,3-12H2,1-2H3. The maximum absolute atomic E-state index is 10.0. The summed E-state index contributed by atoms with van der Waals surface area (Å²) in [5, 5.41) is 10.0. The van der Waals surface area contributed by atoms with Crippen LogP contribution in [0.2, 0.25) is 0 Å². The number of rotatable bonds is 7. The molecule has 0 aromatic rings. The van der Waals surface area contributed by atoms with Crippen molar-refractivity contribution in [1.29, 1.82) is 0 Å². The second kappa shape index (κ2) is 6.91. The fraction of sp³-hybridized carbons (Fsp3) is 1.00. The molecule has 18 heavy (non-hydrogen) atoms. The molecular weight excluding hydrogens is 222 g/mol. The molecule has 0 aromatic carbocycles. The van der Waals surface area contributed by atoms with E-state index >= 15 is 0 Å². The van der Waals surface area contributed by atoms with Crippen LogP contribution >= 0.6 is 0 Å². The summed E-state index contributed by atoms with van der Waals surface area (Å²) in [6, 6.07) is 1.53. The number of hydrogen-bond acceptors (Lipinski definition) is 2. The van der Waals surface area contributed by atoms with Gasteiger partial charge in [-0.3, -0.25) is 4.90 Å². The van der Waals surface area contributed by atoms with Gasteiger partial charge >= 0.3 is 0 Å². The minimum atomic E-state index is -0.0361. The molecule has 0 amide bonds. The van der Waals surface area contributed by atoms with E-state index in [1.54, 1.807) is 0 Å². The predicted molar refractivity (Wildman–Crippen MR) is 76.7 cm³/mol. The molecule has 0 spiro atoms. The van der Waals surface area contributed by atoms with Crippen LogP contribution in [-0.2, 0) is 0 Å². The highest BCUT2D eigenvalue weighted by atomic mass is 16.3. The van der Waals surface area contributed by atoms with Crippen molar-refractivity contribution in [1.82, 2.24) is 4.90 Å². The lowest BCUT2D eigenvalue weighted by atomic mass is 9.79. The molecule has 2 aliphatic carbocycles. The van der Waals surface area contributed by atoms with Gasteiger partial charge in [0.25, 0.3) is 0 Å². The first kappa shape index (κ1) is 14.3. The van der Waals surface area contributed by atoms with Crippen molar-refractivity contribution >= 4 is 0 Å². The summed E-state index contributed by atoms with van der Waals surface area (Å²) in [7, 11) is 0. The first-order valence-corrected chi connectivity index (χ1v) is 8.20. The molecule has 106 valence electrons. The van der Waals surface area contributed by atoms with E-state index in [-0.39, 0.29) is 6.10 Å². The molecule has 0 saturated heterocycles. The van der Waals surface area contributed by atoms with Gasteiger partial charge in [0.1, 0.15) is 0 Å². The van der Waals surface area contributed by atoms with E-state index in [9.17, 15) is 5.11 Å². The highest BCUT2D eigenvalue weighted by molar-refractivity contribution is 4.94. The average Bonchev–Trinajstić information content (AvgIpc) is 3.17. The second-order valence-corrected chi connectivity index (χ2v) is 6.41. The highest BCUT2D eigenvalue weighted by Crippen LogP contribution is 2.38. The van der Waals surface area contributed by atoms with E-state index in [4.69, 9.17) is 0 Å². The second-order valence-electron chi connectivity index (χ2n) is 6.41. The summed E-state index contributed by atoms with van der Waals surface area (Å²) < 4.78 is 0. The molecule has 2 heteroatoms. The molecule has 1 N–H and O–H groups in total. The zero-order valence-corrected chi connectivity index (χ0v) is 12.3. The molecule has 2 saturated carbocycles. The Hall–Kier alpha value is -0.0800. The minimum absolute atomic E-state index is 0.0361. The fourth-order valence-corrected chi connectivity index (χ4v) is 3.67. The Morgan fingerprint density at radius 1 is 1.06 bits per heavy atom. The lowest BCUT2D eigenvalue weighted by Gasteiger charge is -2.42. The van der Waals surface area contributed by atoms with Gasteiger partial charge in [0.05, 0.1) is 6.10 Å². The van der Waals surface area contributed by atoms with Gasteiger partial charge in [0.15, 0.2) is 0 Å². The van der Waals surface area contributed by atoms with Crippen molar-refractivity contribution in [2.24, 2.45) is 5.92 Å². The highest BCUT2D eigenvalue weighted by Gasteiger charge is 2.39. The maximum Gasteiger partial charge on any atom is 0.0555 e. The van der Waals surface area contributed by atoms with Gasteiger partial charge in [-0.2, -0.15) is 0 Å². The van der Waals surface area contributed by atoms with Crippen LogP contribution in [-0.4, -0.2) is 34.7 Å². The number of aliphatic hydroxyl groups is 1. The van der Waals surface area contributed by atoms with Gasteiger partial charge in [0.2, 0.25) is 0 Å². The number of nitrogens with zero attached hydrogens (tertiary/aromatic N) is 1. The zero-order valence-electron chi connectivity index (χ0n) is 12.3. The SMILES string of the molecule is CCCCN(C1CC1)C1CC(O)CCC1CCC. The van der Waals surface area contributed by atoms with Crippen molar-refractivity contribution in [3.05, 3.63) is 0 Å². The van der Waals surface area contributed by atoms with Gasteiger partial charge in [-0.25, -0.2) is 0 Å². The summed E-state index contributed by atoms with van der Waals surface area (Å²) in [5.74, 6) is 0.843. The molecule has 0 radical (unpaired) electrons. The lowest BCUT2D eigenvalue weighted by Crippen LogP contribution is -2.47. The Kier molecular flexibility index (Phi) is 5.50. The molecular formula is C16H31NO. The van der Waals surface area contributed by atoms with Crippen molar-refractivity contribution in [2.45, 2.75) is 89.8 Å². The third kappa shape index (κ3) is 3.71. The summed E-state index contributed by atoms with van der Waals surface area (Å²) in [6.07, 6.45) is 11.3. The Bertz CT molecular complexity index is 239. The molecule has 2 nitrogen and oxygen atoms in total. The zero-order chi connectivity index (χ0) is 13.0. The number of hydrogen-bond donors (Lipinski definition) is 1. The van der Waals surface area contributed by atoms with Crippen LogP contribution in [0.5, 0.6) is 0 Å². The molecule has 2 rings (SSSR count). The lowest BCUT2D eigenvalue weighted by molar-refractivity contribution is 0.0192. The molecule has 3 unspecified atom stereocenters. The normalized spacial score (nSPS) is 33.0. The summed E-state index contributed by atoms with van der Waals surface area (Å²) >= 11 is 0. The first-order chi connectivity index (χ1) is 8.76. The van der Waals surface area contributed by atoms with Crippen molar-refractivity contribution in [3.63, 3.8) is 0 Å². The molecule has 0 aromatic heterocycles. The van der Waals surface area contributed by atoms with Gasteiger partial charge < -0.3 is 5.11 Å². The topological polar surface area (TPSA) is 23.5 Å². The average molecular weight is 253 g/mol. The van der Waals surface area contributed by atoms with E-state index in [1.807, 2.05) is 0 Å². The van der Waals surface area contributed by atoms with Gasteiger partial charge in [-0.15, -0.1) is 0 Å². The largest absolute Gasteiger partial charge is 0.393 e. The monoisotopic (exact) mass is 253 g/mol. The van der Waals surface area contributed by atoms with E-state index in [0.717, 1.165) is 24.8 Å². The van der Waals surface area contributed by atoms with Gasteiger partial charge in [0, 0.05) is 12.1 Å². The summed E-state index contributed by atoms with van der Waals surface area (Å²) in [5.41, 5.74) is 0. The maximum atomic E-state index is 10.0. The quantitative estimate of drug-likeness (QED) is 0.749. The van der Waals surface area contributed by atoms with Crippen LogP contribution in [0.1, 0.15) is 71.6 Å². The van der Waals surface area contributed by atoms with Crippen LogP contribution < -0.4 is 0 Å². The van der Waals surface area contributed by atoms with Gasteiger partial charge in [-0.05, 0) is 57.4 Å². The number of aliphatic hydroxyl groups excluding tert-OH is 1. The van der Waals surface area contributed by atoms with Gasteiger partial charge in [-0.1, -0.05) is 26.7 Å². The fourth-order valence-electron chi connectivity index (χ4n) is 3.67. The molecule has 0 bridgehead atoms. The minimum Gasteiger partial charge on any atom is -0.393 e. The van der Waals surface area contributed by atoms with Crippen LogP contribution in [0.25, 0.3) is 0 Å². The van der Waals surface area contributed by atoms with Crippen molar-refractivity contribution < 1.29 is 5.11 Å². The van der Waals surface area contributed by atoms with Crippen molar-refractivity contribution in [2.75, 3.05) is 6.54 Å². The summed E-state index contributed by atoms with van der Waals surface area (Å²) in [4.78, 5) is 2.77. The first-order valence-electron chi connectivity index (χ1n) is 8.20. The van der Waals surface area contributed by atoms with Crippen LogP contribution in [0.15, 0.2) is 0 Å². The third-order valence-corrected chi connectivity index (χ3v) is 4.80. The Morgan fingerprint density at radius 2 is 1.83 bits per heavy atom. The third-order valence-electron chi connectivity index (χ3n) is 4.80. The molecule has 3 atom stereocenters. The van der Waals surface area contributed by atoms with E-state index in [2.05, 4.69) is 18.7 Å². The van der Waals surface area contributed by atoms with Crippen LogP contribution in [0, 0.1) is 5.92 Å².